The van der Waals surface area contributed by atoms with E-state index < -0.39 is 0 Å². The minimum Gasteiger partial charge on any atom is -0.466 e. The molecule has 45 heavy (non-hydrogen) atoms. The monoisotopic (exact) mass is 628 g/mol. The number of benzene rings is 2. The van der Waals surface area contributed by atoms with Gasteiger partial charge in [-0.1, -0.05) is 23.7 Å². The van der Waals surface area contributed by atoms with Gasteiger partial charge in [-0.25, -0.2) is 0 Å². The van der Waals surface area contributed by atoms with Crippen molar-refractivity contribution in [3.63, 3.8) is 0 Å². The van der Waals surface area contributed by atoms with Gasteiger partial charge in [0.05, 0.1) is 29.4 Å². The maximum absolute atomic E-state index is 14.0. The molecule has 0 bridgehead atoms. The van der Waals surface area contributed by atoms with Crippen molar-refractivity contribution in [3.05, 3.63) is 82.8 Å². The van der Waals surface area contributed by atoms with E-state index in [1.165, 1.54) is 25.1 Å². The summed E-state index contributed by atoms with van der Waals surface area (Å²) in [5.41, 5.74) is 3.55. The van der Waals surface area contributed by atoms with Crippen LogP contribution in [0.4, 0.5) is 11.4 Å². The van der Waals surface area contributed by atoms with Crippen molar-refractivity contribution in [1.82, 2.24) is 10.3 Å². The van der Waals surface area contributed by atoms with E-state index in [0.717, 1.165) is 28.9 Å². The number of furan rings is 1. The fourth-order valence-electron chi connectivity index (χ4n) is 5.46. The molecule has 2 aromatic carbocycles. The highest BCUT2D eigenvalue weighted by molar-refractivity contribution is 6.32. The average Bonchev–Trinajstić information content (AvgIpc) is 3.84. The van der Waals surface area contributed by atoms with Crippen LogP contribution in [-0.2, 0) is 14.3 Å². The minimum atomic E-state index is -0.370. The van der Waals surface area contributed by atoms with Gasteiger partial charge < -0.3 is 29.0 Å². The number of hydrogen-bond acceptors (Lipinski definition) is 8. The van der Waals surface area contributed by atoms with Crippen LogP contribution in [-0.4, -0.2) is 55.1 Å². The molecule has 0 saturated heterocycles. The number of halogens is 1. The van der Waals surface area contributed by atoms with Gasteiger partial charge in [0, 0.05) is 61.2 Å². The molecule has 11 heteroatoms. The van der Waals surface area contributed by atoms with Gasteiger partial charge >= 0.3 is 5.97 Å². The standard InChI is InChI=1S/C34H33ClN4O6/c1-3-43-33(41)13-15-37-32(40)11-10-28-21(2)23-18-31(25(35)19-30(23)44-28)45-29-12-14-36-20-24(29)34(42)39-17-16-38(22-8-9-22)26-6-4-5-7-27(26)39/h4-7,10-12,14,18-20,22H,3,8-9,13,15-17H2,1-2H3,(H,37,40)/b11-10+. The smallest absolute Gasteiger partial charge is 0.307 e. The first-order valence-corrected chi connectivity index (χ1v) is 15.4. The predicted octanol–water partition coefficient (Wildman–Crippen LogP) is 6.29. The van der Waals surface area contributed by atoms with Gasteiger partial charge in [-0.3, -0.25) is 19.4 Å². The molecule has 1 aliphatic heterocycles. The molecule has 1 aliphatic carbocycles. The molecular weight excluding hydrogens is 596 g/mol. The van der Waals surface area contributed by atoms with Crippen LogP contribution >= 0.6 is 11.6 Å². The molecule has 4 aromatic rings. The van der Waals surface area contributed by atoms with Crippen molar-refractivity contribution < 1.29 is 28.3 Å². The fourth-order valence-corrected chi connectivity index (χ4v) is 5.66. The number of anilines is 2. The Kier molecular flexibility index (Phi) is 8.75. The Bertz CT molecular complexity index is 1800. The van der Waals surface area contributed by atoms with Crippen molar-refractivity contribution in [2.45, 2.75) is 39.2 Å². The lowest BCUT2D eigenvalue weighted by atomic mass is 10.1. The summed E-state index contributed by atoms with van der Waals surface area (Å²) in [6.07, 6.45) is 8.43. The van der Waals surface area contributed by atoms with Crippen LogP contribution in [0.5, 0.6) is 11.5 Å². The number of para-hydroxylation sites is 2. The van der Waals surface area contributed by atoms with E-state index in [4.69, 9.17) is 25.5 Å². The topological polar surface area (TPSA) is 114 Å². The lowest BCUT2D eigenvalue weighted by Crippen LogP contribution is -2.45. The number of aryl methyl sites for hydroxylation is 1. The molecule has 1 fully saturated rings. The number of carbonyl (C=O) groups excluding carboxylic acids is 3. The van der Waals surface area contributed by atoms with Crippen LogP contribution in [0.15, 0.2) is 65.4 Å². The lowest BCUT2D eigenvalue weighted by Gasteiger charge is -2.38. The van der Waals surface area contributed by atoms with Crippen LogP contribution in [0.25, 0.3) is 17.0 Å². The number of amides is 2. The zero-order valence-corrected chi connectivity index (χ0v) is 25.8. The summed E-state index contributed by atoms with van der Waals surface area (Å²) in [5.74, 6) is 0.213. The van der Waals surface area contributed by atoms with Gasteiger partial charge in [0.25, 0.3) is 5.91 Å². The van der Waals surface area contributed by atoms with Crippen LogP contribution in [0.1, 0.15) is 47.9 Å². The van der Waals surface area contributed by atoms with Gasteiger partial charge in [0.15, 0.2) is 0 Å². The molecule has 0 unspecified atom stereocenters. The Morgan fingerprint density at radius 1 is 1.11 bits per heavy atom. The van der Waals surface area contributed by atoms with Crippen LogP contribution in [0.2, 0.25) is 5.02 Å². The SMILES string of the molecule is CCOC(=O)CCNC(=O)/C=C/c1oc2cc(Cl)c(Oc3ccncc3C(=O)N3CCN(C4CC4)c4ccccc43)cc2c1C. The number of hydrogen-bond donors (Lipinski definition) is 1. The normalized spacial score (nSPS) is 14.5. The van der Waals surface area contributed by atoms with Crippen molar-refractivity contribution >= 4 is 57.8 Å². The number of fused-ring (bicyclic) bond motifs is 2. The molecule has 2 aromatic heterocycles. The highest BCUT2D eigenvalue weighted by Gasteiger charge is 2.36. The van der Waals surface area contributed by atoms with E-state index in [2.05, 4.69) is 21.3 Å². The molecule has 0 atom stereocenters. The summed E-state index contributed by atoms with van der Waals surface area (Å²) >= 11 is 6.63. The Hall–Kier alpha value is -4.83. The molecule has 232 valence electrons. The van der Waals surface area contributed by atoms with Crippen molar-refractivity contribution in [2.75, 3.05) is 36.0 Å². The Morgan fingerprint density at radius 3 is 2.69 bits per heavy atom. The van der Waals surface area contributed by atoms with Gasteiger partial charge in [0.1, 0.15) is 28.4 Å². The van der Waals surface area contributed by atoms with Crippen LogP contribution < -0.4 is 19.9 Å². The molecule has 6 rings (SSSR count). The first kappa shape index (κ1) is 30.2. The number of rotatable bonds is 10. The largest absolute Gasteiger partial charge is 0.466 e. The van der Waals surface area contributed by atoms with Crippen molar-refractivity contribution in [2.24, 2.45) is 0 Å². The van der Waals surface area contributed by atoms with Crippen LogP contribution in [0, 0.1) is 6.92 Å². The Morgan fingerprint density at radius 2 is 1.91 bits per heavy atom. The van der Waals surface area contributed by atoms with E-state index >= 15 is 0 Å². The summed E-state index contributed by atoms with van der Waals surface area (Å²) in [6.45, 7) is 5.37. The second kappa shape index (κ2) is 13.0. The summed E-state index contributed by atoms with van der Waals surface area (Å²) in [6, 6.07) is 13.6. The maximum atomic E-state index is 14.0. The quantitative estimate of drug-likeness (QED) is 0.161. The van der Waals surface area contributed by atoms with Crippen molar-refractivity contribution in [1.29, 1.82) is 0 Å². The van der Waals surface area contributed by atoms with Crippen molar-refractivity contribution in [3.8, 4) is 11.5 Å². The highest BCUT2D eigenvalue weighted by Crippen LogP contribution is 2.42. The predicted molar refractivity (Wildman–Crippen MR) is 172 cm³/mol. The first-order chi connectivity index (χ1) is 21.8. The fraction of sp³-hybridized carbons (Fsp3) is 0.294. The third-order valence-corrected chi connectivity index (χ3v) is 8.15. The maximum Gasteiger partial charge on any atom is 0.307 e. The number of nitrogens with zero attached hydrogens (tertiary/aromatic N) is 3. The van der Waals surface area contributed by atoms with Gasteiger partial charge in [-0.05, 0) is 57.0 Å². The highest BCUT2D eigenvalue weighted by atomic mass is 35.5. The van der Waals surface area contributed by atoms with Gasteiger partial charge in [0.2, 0.25) is 5.91 Å². The molecule has 1 saturated carbocycles. The van der Waals surface area contributed by atoms with E-state index in [-0.39, 0.29) is 30.7 Å². The van der Waals surface area contributed by atoms with E-state index in [9.17, 15) is 14.4 Å². The molecular formula is C34H33ClN4O6. The molecule has 2 amide bonds. The van der Waals surface area contributed by atoms with E-state index in [1.54, 1.807) is 42.3 Å². The summed E-state index contributed by atoms with van der Waals surface area (Å²) in [4.78, 5) is 46.1. The average molecular weight is 629 g/mol. The second-order valence-corrected chi connectivity index (χ2v) is 11.3. The molecule has 3 heterocycles. The summed E-state index contributed by atoms with van der Waals surface area (Å²) < 4.78 is 17.1. The van der Waals surface area contributed by atoms with E-state index in [1.807, 2.05) is 25.1 Å². The zero-order chi connectivity index (χ0) is 31.5. The zero-order valence-electron chi connectivity index (χ0n) is 25.0. The first-order valence-electron chi connectivity index (χ1n) is 15.0. The summed E-state index contributed by atoms with van der Waals surface area (Å²) in [7, 11) is 0. The van der Waals surface area contributed by atoms with Gasteiger partial charge in [-0.15, -0.1) is 0 Å². The minimum absolute atomic E-state index is 0.0908. The number of ether oxygens (including phenoxy) is 2. The van der Waals surface area contributed by atoms with Gasteiger partial charge in [-0.2, -0.15) is 0 Å². The number of carbonyl (C=O) groups is 3. The third-order valence-electron chi connectivity index (χ3n) is 7.86. The van der Waals surface area contributed by atoms with Crippen LogP contribution in [0.3, 0.4) is 0 Å². The molecule has 2 aliphatic rings. The Labute approximate surface area is 265 Å². The van der Waals surface area contributed by atoms with E-state index in [0.29, 0.717) is 52.6 Å². The second-order valence-electron chi connectivity index (χ2n) is 10.9. The molecule has 10 nitrogen and oxygen atoms in total. The third kappa shape index (κ3) is 6.51. The summed E-state index contributed by atoms with van der Waals surface area (Å²) in [5, 5.41) is 3.68. The number of esters is 1. The molecule has 0 radical (unpaired) electrons. The Balaban J connectivity index is 1.20. The lowest BCUT2D eigenvalue weighted by molar-refractivity contribution is -0.142. The number of pyridine rings is 1. The number of nitrogens with one attached hydrogen (secondary N) is 1. The molecule has 0 spiro atoms. The molecule has 1 N–H and O–H groups in total. The number of aromatic nitrogens is 1.